The van der Waals surface area contributed by atoms with Crippen LogP contribution < -0.4 is 10.5 Å². The third-order valence-electron chi connectivity index (χ3n) is 3.89. The molecule has 9 heteroatoms. The highest BCUT2D eigenvalue weighted by atomic mass is 32.2. The molecule has 1 amide bonds. The van der Waals surface area contributed by atoms with Gasteiger partial charge in [0.15, 0.2) is 5.16 Å². The van der Waals surface area contributed by atoms with Gasteiger partial charge in [0.25, 0.3) is 0 Å². The van der Waals surface area contributed by atoms with E-state index in [-0.39, 0.29) is 17.4 Å². The van der Waals surface area contributed by atoms with Crippen LogP contribution in [0.3, 0.4) is 0 Å². The predicted octanol–water partition coefficient (Wildman–Crippen LogP) is 2.70. The van der Waals surface area contributed by atoms with Gasteiger partial charge in [0, 0.05) is 18.1 Å². The fourth-order valence-corrected chi connectivity index (χ4v) is 4.12. The van der Waals surface area contributed by atoms with Crippen molar-refractivity contribution < 1.29 is 13.2 Å². The number of imidazole rings is 1. The van der Waals surface area contributed by atoms with E-state index in [9.17, 15) is 13.2 Å². The second-order valence-electron chi connectivity index (χ2n) is 6.21. The van der Waals surface area contributed by atoms with Gasteiger partial charge in [-0.05, 0) is 36.2 Å². The lowest BCUT2D eigenvalue weighted by atomic mass is 10.2. The molecule has 1 heterocycles. The molecule has 0 spiro atoms. The first-order chi connectivity index (χ1) is 13.3. The van der Waals surface area contributed by atoms with Crippen molar-refractivity contribution in [3.8, 4) is 5.69 Å². The van der Waals surface area contributed by atoms with Crippen molar-refractivity contribution in [3.05, 3.63) is 72.1 Å². The normalized spacial score (nSPS) is 11.4. The first-order valence-electron chi connectivity index (χ1n) is 8.43. The number of thioether (sulfide) groups is 1. The summed E-state index contributed by atoms with van der Waals surface area (Å²) in [5, 5.41) is 8.55. The topological polar surface area (TPSA) is 107 Å². The van der Waals surface area contributed by atoms with Gasteiger partial charge in [-0.15, -0.1) is 0 Å². The Labute approximate surface area is 168 Å². The van der Waals surface area contributed by atoms with E-state index in [1.165, 1.54) is 11.8 Å². The van der Waals surface area contributed by atoms with Gasteiger partial charge in [0.1, 0.15) is 0 Å². The number of anilines is 1. The average molecular weight is 417 g/mol. The number of sulfonamides is 1. The number of carbonyl (C=O) groups excluding carboxylic acids is 1. The summed E-state index contributed by atoms with van der Waals surface area (Å²) in [4.78, 5) is 16.6. The molecular weight excluding hydrogens is 396 g/mol. The largest absolute Gasteiger partial charge is 0.325 e. The molecule has 0 aliphatic heterocycles. The number of carbonyl (C=O) groups is 1. The minimum atomic E-state index is -3.62. The van der Waals surface area contributed by atoms with Crippen LogP contribution in [0.25, 0.3) is 5.69 Å². The van der Waals surface area contributed by atoms with Crippen LogP contribution in [0.1, 0.15) is 11.1 Å². The van der Waals surface area contributed by atoms with E-state index in [0.717, 1.165) is 11.3 Å². The number of primary sulfonamides is 1. The number of benzene rings is 2. The second-order valence-corrected chi connectivity index (χ2v) is 8.77. The Bertz CT molecular complexity index is 1090. The summed E-state index contributed by atoms with van der Waals surface area (Å²) in [5.74, 6) is -0.321. The molecular formula is C19H20N4O3S2. The lowest BCUT2D eigenvalue weighted by Crippen LogP contribution is -2.16. The Hall–Kier alpha value is -2.62. The lowest BCUT2D eigenvalue weighted by Gasteiger charge is -2.10. The van der Waals surface area contributed by atoms with Crippen molar-refractivity contribution in [1.82, 2.24) is 9.55 Å². The zero-order valence-corrected chi connectivity index (χ0v) is 16.8. The number of nitrogens with two attached hydrogens (primary N) is 1. The minimum Gasteiger partial charge on any atom is -0.325 e. The smallest absolute Gasteiger partial charge is 0.234 e. The van der Waals surface area contributed by atoms with Gasteiger partial charge in [-0.3, -0.25) is 9.36 Å². The Kier molecular flexibility index (Phi) is 6.18. The number of aromatic nitrogens is 2. The number of hydrogen-bond acceptors (Lipinski definition) is 5. The number of aryl methyl sites for hydroxylation is 1. The molecule has 0 saturated carbocycles. The Balaban J connectivity index is 1.64. The fourth-order valence-electron chi connectivity index (χ4n) is 2.71. The summed E-state index contributed by atoms with van der Waals surface area (Å²) in [5.41, 5.74) is 3.16. The van der Waals surface area contributed by atoms with Gasteiger partial charge < -0.3 is 5.32 Å². The molecule has 0 fully saturated rings. The van der Waals surface area contributed by atoms with Crippen LogP contribution in [0, 0.1) is 6.92 Å². The molecule has 1 aromatic heterocycles. The highest BCUT2D eigenvalue weighted by molar-refractivity contribution is 7.99. The van der Waals surface area contributed by atoms with E-state index in [1.807, 2.05) is 42.0 Å². The standard InChI is InChI=1S/C19H20N4O3S2/c1-14-5-2-3-8-17(14)23-10-9-21-19(23)27-12-18(24)22-16-7-4-6-15(11-16)13-28(20,25)26/h2-11H,12-13H2,1H3,(H,22,24)(H2,20,25,26). The molecule has 0 unspecified atom stereocenters. The van der Waals surface area contributed by atoms with Crippen LogP contribution in [0.2, 0.25) is 0 Å². The second kappa shape index (κ2) is 8.59. The van der Waals surface area contributed by atoms with Crippen molar-refractivity contribution in [1.29, 1.82) is 0 Å². The van der Waals surface area contributed by atoms with Gasteiger partial charge in [-0.1, -0.05) is 42.1 Å². The molecule has 0 bridgehead atoms. The monoisotopic (exact) mass is 416 g/mol. The maximum atomic E-state index is 12.3. The number of hydrogen-bond donors (Lipinski definition) is 2. The van der Waals surface area contributed by atoms with E-state index in [2.05, 4.69) is 10.3 Å². The number of nitrogens with zero attached hydrogens (tertiary/aromatic N) is 2. The highest BCUT2D eigenvalue weighted by Crippen LogP contribution is 2.23. The zero-order valence-electron chi connectivity index (χ0n) is 15.2. The van der Waals surface area contributed by atoms with Crippen molar-refractivity contribution in [2.75, 3.05) is 11.1 Å². The van der Waals surface area contributed by atoms with Gasteiger partial charge in [-0.2, -0.15) is 0 Å². The summed E-state index contributed by atoms with van der Waals surface area (Å²) < 4.78 is 24.4. The van der Waals surface area contributed by atoms with Crippen LogP contribution in [0.5, 0.6) is 0 Å². The molecule has 0 radical (unpaired) electrons. The summed E-state index contributed by atoms with van der Waals surface area (Å²) in [6, 6.07) is 14.6. The van der Waals surface area contributed by atoms with E-state index >= 15 is 0 Å². The molecule has 3 aromatic rings. The minimum absolute atomic E-state index is 0.169. The van der Waals surface area contributed by atoms with Crippen molar-refractivity contribution >= 4 is 33.4 Å². The van der Waals surface area contributed by atoms with Crippen LogP contribution in [0.15, 0.2) is 66.1 Å². The zero-order chi connectivity index (χ0) is 20.1. The number of nitrogens with one attached hydrogen (secondary N) is 1. The summed E-state index contributed by atoms with van der Waals surface area (Å²) in [6.07, 6.45) is 3.56. The molecule has 0 atom stereocenters. The van der Waals surface area contributed by atoms with Crippen molar-refractivity contribution in [2.45, 2.75) is 17.8 Å². The van der Waals surface area contributed by atoms with Gasteiger partial charge in [-0.25, -0.2) is 18.5 Å². The number of amides is 1. The first-order valence-corrected chi connectivity index (χ1v) is 11.1. The third kappa shape index (κ3) is 5.44. The highest BCUT2D eigenvalue weighted by Gasteiger charge is 2.11. The molecule has 146 valence electrons. The average Bonchev–Trinajstić information content (AvgIpc) is 3.07. The van der Waals surface area contributed by atoms with Gasteiger partial charge >= 0.3 is 0 Å². The van der Waals surface area contributed by atoms with E-state index in [1.54, 1.807) is 30.5 Å². The Morgan fingerprint density at radius 3 is 2.75 bits per heavy atom. The predicted molar refractivity (Wildman–Crippen MR) is 111 cm³/mol. The summed E-state index contributed by atoms with van der Waals surface area (Å²) in [7, 11) is -3.62. The molecule has 0 aliphatic rings. The maximum absolute atomic E-state index is 12.3. The summed E-state index contributed by atoms with van der Waals surface area (Å²) >= 11 is 1.32. The number of para-hydroxylation sites is 1. The van der Waals surface area contributed by atoms with Crippen LogP contribution >= 0.6 is 11.8 Å². The van der Waals surface area contributed by atoms with Gasteiger partial charge in [0.05, 0.1) is 17.2 Å². The summed E-state index contributed by atoms with van der Waals surface area (Å²) in [6.45, 7) is 2.02. The molecule has 0 aliphatic carbocycles. The van der Waals surface area contributed by atoms with Crippen molar-refractivity contribution in [2.24, 2.45) is 5.14 Å². The van der Waals surface area contributed by atoms with Crippen LogP contribution in [-0.4, -0.2) is 29.6 Å². The molecule has 0 saturated heterocycles. The SMILES string of the molecule is Cc1ccccc1-n1ccnc1SCC(=O)Nc1cccc(CS(N)(=O)=O)c1. The van der Waals surface area contributed by atoms with Gasteiger partial charge in [0.2, 0.25) is 15.9 Å². The third-order valence-corrected chi connectivity index (χ3v) is 5.60. The van der Waals surface area contributed by atoms with E-state index in [4.69, 9.17) is 5.14 Å². The van der Waals surface area contributed by atoms with Crippen LogP contribution in [-0.2, 0) is 20.6 Å². The van der Waals surface area contributed by atoms with E-state index in [0.29, 0.717) is 16.4 Å². The molecule has 2 aromatic carbocycles. The lowest BCUT2D eigenvalue weighted by molar-refractivity contribution is -0.113. The Morgan fingerprint density at radius 1 is 1.21 bits per heavy atom. The molecule has 7 nitrogen and oxygen atoms in total. The molecule has 3 rings (SSSR count). The fraction of sp³-hybridized carbons (Fsp3) is 0.158. The quantitative estimate of drug-likeness (QED) is 0.576. The maximum Gasteiger partial charge on any atom is 0.234 e. The van der Waals surface area contributed by atoms with E-state index < -0.39 is 10.0 Å². The van der Waals surface area contributed by atoms with Crippen molar-refractivity contribution in [3.63, 3.8) is 0 Å². The molecule has 3 N–H and O–H groups in total. The Morgan fingerprint density at radius 2 is 2.00 bits per heavy atom. The number of rotatable bonds is 7. The van der Waals surface area contributed by atoms with Crippen LogP contribution in [0.4, 0.5) is 5.69 Å². The molecule has 28 heavy (non-hydrogen) atoms. The first kappa shape index (κ1) is 20.1.